The zero-order valence-electron chi connectivity index (χ0n) is 9.11. The van der Waals surface area contributed by atoms with Crippen LogP contribution in [0.5, 0.6) is 0 Å². The number of rotatable bonds is 2. The fourth-order valence-electron chi connectivity index (χ4n) is 1.66. The van der Waals surface area contributed by atoms with Gasteiger partial charge in [-0.3, -0.25) is 9.36 Å². The van der Waals surface area contributed by atoms with Crippen molar-refractivity contribution < 1.29 is 5.11 Å². The molecule has 1 heterocycles. The molecular weight excluding hydrogens is 244 g/mol. The van der Waals surface area contributed by atoms with Gasteiger partial charge in [-0.1, -0.05) is 11.6 Å². The lowest BCUT2D eigenvalue weighted by Crippen LogP contribution is -2.37. The molecule has 1 aromatic carbocycles. The molecule has 0 spiro atoms. The molecule has 0 saturated carbocycles. The first-order chi connectivity index (χ1) is 7.99. The van der Waals surface area contributed by atoms with Crippen molar-refractivity contribution in [3.05, 3.63) is 44.1 Å². The van der Waals surface area contributed by atoms with Crippen LogP contribution in [-0.4, -0.2) is 20.8 Å². The second kappa shape index (κ2) is 4.35. The fraction of sp³-hybridized carbons (Fsp3) is 0.273. The number of hydrogen-bond acceptors (Lipinski definition) is 3. The first kappa shape index (κ1) is 11.9. The Hall–Kier alpha value is -1.59. The Morgan fingerprint density at radius 3 is 2.82 bits per heavy atom. The third-order valence-corrected chi connectivity index (χ3v) is 2.63. The van der Waals surface area contributed by atoms with Gasteiger partial charge in [0.05, 0.1) is 23.6 Å². The van der Waals surface area contributed by atoms with Crippen LogP contribution in [0.1, 0.15) is 6.92 Å². The Bertz CT molecular complexity index is 672. The van der Waals surface area contributed by atoms with Gasteiger partial charge < -0.3 is 10.1 Å². The summed E-state index contributed by atoms with van der Waals surface area (Å²) < 4.78 is 0.973. The molecule has 0 aliphatic rings. The SMILES string of the molecule is CC(O)Cn1c(=O)[nH]c2cc(Cl)ccc2c1=O. The van der Waals surface area contributed by atoms with Gasteiger partial charge in [-0.25, -0.2) is 4.79 Å². The van der Waals surface area contributed by atoms with E-state index >= 15 is 0 Å². The maximum atomic E-state index is 12.0. The van der Waals surface area contributed by atoms with Gasteiger partial charge in [-0.05, 0) is 25.1 Å². The van der Waals surface area contributed by atoms with Crippen LogP contribution in [0.15, 0.2) is 27.8 Å². The maximum Gasteiger partial charge on any atom is 0.328 e. The third-order valence-electron chi connectivity index (χ3n) is 2.39. The van der Waals surface area contributed by atoms with Crippen molar-refractivity contribution in [3.63, 3.8) is 0 Å². The maximum absolute atomic E-state index is 12.0. The molecule has 1 atom stereocenters. The van der Waals surface area contributed by atoms with Gasteiger partial charge in [0.2, 0.25) is 0 Å². The monoisotopic (exact) mass is 254 g/mol. The second-order valence-electron chi connectivity index (χ2n) is 3.88. The Morgan fingerprint density at radius 2 is 2.18 bits per heavy atom. The number of nitrogens with zero attached hydrogens (tertiary/aromatic N) is 1. The largest absolute Gasteiger partial charge is 0.392 e. The molecule has 2 aromatic rings. The van der Waals surface area contributed by atoms with E-state index < -0.39 is 17.4 Å². The van der Waals surface area contributed by atoms with Crippen molar-refractivity contribution in [1.82, 2.24) is 9.55 Å². The lowest BCUT2D eigenvalue weighted by atomic mass is 10.2. The first-order valence-electron chi connectivity index (χ1n) is 5.09. The lowest BCUT2D eigenvalue weighted by Gasteiger charge is -2.08. The molecule has 6 heteroatoms. The van der Waals surface area contributed by atoms with E-state index in [1.54, 1.807) is 12.1 Å². The minimum atomic E-state index is -0.765. The first-order valence-corrected chi connectivity index (χ1v) is 5.47. The van der Waals surface area contributed by atoms with Gasteiger partial charge in [0, 0.05) is 5.02 Å². The van der Waals surface area contributed by atoms with Crippen LogP contribution in [0.2, 0.25) is 5.02 Å². The van der Waals surface area contributed by atoms with E-state index in [0.717, 1.165) is 4.57 Å². The summed E-state index contributed by atoms with van der Waals surface area (Å²) in [6.07, 6.45) is -0.765. The van der Waals surface area contributed by atoms with Crippen molar-refractivity contribution >= 4 is 22.5 Å². The Morgan fingerprint density at radius 1 is 1.47 bits per heavy atom. The van der Waals surface area contributed by atoms with Crippen molar-refractivity contribution in [2.75, 3.05) is 0 Å². The molecule has 1 aromatic heterocycles. The number of aromatic nitrogens is 2. The van der Waals surface area contributed by atoms with E-state index in [0.29, 0.717) is 15.9 Å². The molecule has 90 valence electrons. The summed E-state index contributed by atoms with van der Waals surface area (Å²) >= 11 is 5.78. The van der Waals surface area contributed by atoms with Crippen molar-refractivity contribution in [1.29, 1.82) is 0 Å². The number of fused-ring (bicyclic) bond motifs is 1. The van der Waals surface area contributed by atoms with Crippen LogP contribution in [0.25, 0.3) is 10.9 Å². The van der Waals surface area contributed by atoms with Gasteiger partial charge >= 0.3 is 5.69 Å². The molecule has 0 aliphatic carbocycles. The van der Waals surface area contributed by atoms with Gasteiger partial charge in [0.25, 0.3) is 5.56 Å². The van der Waals surface area contributed by atoms with Gasteiger partial charge in [0.15, 0.2) is 0 Å². The zero-order valence-corrected chi connectivity index (χ0v) is 9.86. The molecular formula is C11H11ClN2O3. The predicted octanol–water partition coefficient (Wildman–Crippen LogP) is 0.724. The molecule has 5 nitrogen and oxygen atoms in total. The Labute approximate surface area is 101 Å². The summed E-state index contributed by atoms with van der Waals surface area (Å²) in [4.78, 5) is 26.2. The predicted molar refractivity (Wildman–Crippen MR) is 65.5 cm³/mol. The third kappa shape index (κ3) is 2.25. The number of halogens is 1. The number of nitrogens with one attached hydrogen (secondary N) is 1. The minimum absolute atomic E-state index is 0.0350. The molecule has 0 fully saturated rings. The standard InChI is InChI=1S/C11H11ClN2O3/c1-6(15)5-14-10(16)8-3-2-7(12)4-9(8)13-11(14)17/h2-4,6,15H,5H2,1H3,(H,13,17). The van der Waals surface area contributed by atoms with Crippen molar-refractivity contribution in [2.45, 2.75) is 19.6 Å². The number of aliphatic hydroxyl groups is 1. The van der Waals surface area contributed by atoms with E-state index in [4.69, 9.17) is 11.6 Å². The topological polar surface area (TPSA) is 75.1 Å². The average Bonchev–Trinajstić information content (AvgIpc) is 2.23. The molecule has 0 amide bonds. The highest BCUT2D eigenvalue weighted by atomic mass is 35.5. The number of benzene rings is 1. The van der Waals surface area contributed by atoms with Crippen LogP contribution in [0.4, 0.5) is 0 Å². The molecule has 17 heavy (non-hydrogen) atoms. The van der Waals surface area contributed by atoms with E-state index in [1.165, 1.54) is 13.0 Å². The van der Waals surface area contributed by atoms with Gasteiger partial charge in [0.1, 0.15) is 0 Å². The van der Waals surface area contributed by atoms with E-state index in [1.807, 2.05) is 0 Å². The molecule has 2 rings (SSSR count). The number of aliphatic hydroxyl groups excluding tert-OH is 1. The Balaban J connectivity index is 2.77. The highest BCUT2D eigenvalue weighted by molar-refractivity contribution is 6.31. The second-order valence-corrected chi connectivity index (χ2v) is 4.32. The highest BCUT2D eigenvalue weighted by Crippen LogP contribution is 2.13. The van der Waals surface area contributed by atoms with E-state index in [9.17, 15) is 14.7 Å². The molecule has 0 radical (unpaired) electrons. The molecule has 0 saturated heterocycles. The summed E-state index contributed by atoms with van der Waals surface area (Å²) in [6, 6.07) is 4.65. The van der Waals surface area contributed by atoms with Crippen LogP contribution in [0, 0.1) is 0 Å². The highest BCUT2D eigenvalue weighted by Gasteiger charge is 2.09. The van der Waals surface area contributed by atoms with E-state index in [2.05, 4.69) is 4.98 Å². The molecule has 0 aliphatic heterocycles. The van der Waals surface area contributed by atoms with Gasteiger partial charge in [-0.2, -0.15) is 0 Å². The normalized spacial score (nSPS) is 12.9. The number of hydrogen-bond donors (Lipinski definition) is 2. The van der Waals surface area contributed by atoms with Gasteiger partial charge in [-0.15, -0.1) is 0 Å². The van der Waals surface area contributed by atoms with Crippen LogP contribution < -0.4 is 11.2 Å². The van der Waals surface area contributed by atoms with E-state index in [-0.39, 0.29) is 6.54 Å². The smallest absolute Gasteiger partial charge is 0.328 e. The summed E-state index contributed by atoms with van der Waals surface area (Å²) in [5, 5.41) is 10.1. The zero-order chi connectivity index (χ0) is 12.6. The Kier molecular flexibility index (Phi) is 3.04. The number of aromatic amines is 1. The summed E-state index contributed by atoms with van der Waals surface area (Å²) in [7, 11) is 0. The quantitative estimate of drug-likeness (QED) is 0.829. The summed E-state index contributed by atoms with van der Waals surface area (Å²) in [5.41, 5.74) is -0.582. The fourth-order valence-corrected chi connectivity index (χ4v) is 1.83. The molecule has 1 unspecified atom stereocenters. The van der Waals surface area contributed by atoms with Crippen LogP contribution in [-0.2, 0) is 6.54 Å². The molecule has 2 N–H and O–H groups in total. The number of H-pyrrole nitrogens is 1. The van der Waals surface area contributed by atoms with Crippen LogP contribution >= 0.6 is 11.6 Å². The molecule has 0 bridgehead atoms. The lowest BCUT2D eigenvalue weighted by molar-refractivity contribution is 0.170. The van der Waals surface area contributed by atoms with Crippen LogP contribution in [0.3, 0.4) is 0 Å². The van der Waals surface area contributed by atoms with Crippen molar-refractivity contribution in [2.24, 2.45) is 0 Å². The summed E-state index contributed by atoms with van der Waals surface area (Å²) in [5.74, 6) is 0. The van der Waals surface area contributed by atoms with Crippen molar-refractivity contribution in [3.8, 4) is 0 Å². The summed E-state index contributed by atoms with van der Waals surface area (Å²) in [6.45, 7) is 1.48. The minimum Gasteiger partial charge on any atom is -0.392 e. The average molecular weight is 255 g/mol.